The molecule has 0 spiro atoms. The van der Waals surface area contributed by atoms with Crippen LogP contribution >= 0.6 is 0 Å². The van der Waals surface area contributed by atoms with Crippen molar-refractivity contribution in [2.75, 3.05) is 7.11 Å². The zero-order valence-electron chi connectivity index (χ0n) is 13.0. The van der Waals surface area contributed by atoms with E-state index in [1.54, 1.807) is 24.2 Å². The Morgan fingerprint density at radius 2 is 1.87 bits per heavy atom. The molecule has 7 nitrogen and oxygen atoms in total. The van der Waals surface area contributed by atoms with E-state index < -0.39 is 0 Å². The summed E-state index contributed by atoms with van der Waals surface area (Å²) in [4.78, 5) is 13.0. The Morgan fingerprint density at radius 1 is 1.13 bits per heavy atom. The molecule has 0 fully saturated rings. The Morgan fingerprint density at radius 3 is 2.57 bits per heavy atom. The Labute approximate surface area is 134 Å². The van der Waals surface area contributed by atoms with Gasteiger partial charge in [-0.2, -0.15) is 5.10 Å². The zero-order chi connectivity index (χ0) is 16.2. The molecule has 2 N–H and O–H groups in total. The summed E-state index contributed by atoms with van der Waals surface area (Å²) in [6.07, 6.45) is 4.78. The van der Waals surface area contributed by atoms with Gasteiger partial charge in [-0.05, 0) is 24.6 Å². The van der Waals surface area contributed by atoms with Gasteiger partial charge in [-0.15, -0.1) is 0 Å². The van der Waals surface area contributed by atoms with Crippen LogP contribution < -0.4 is 10.5 Å². The number of benzene rings is 1. The van der Waals surface area contributed by atoms with Crippen LogP contribution in [-0.4, -0.2) is 31.8 Å². The van der Waals surface area contributed by atoms with Gasteiger partial charge in [-0.3, -0.25) is 4.98 Å². The number of nitrogens with zero attached hydrogens (tertiary/aromatic N) is 5. The number of methoxy groups -OCH3 is 1. The van der Waals surface area contributed by atoms with Crippen molar-refractivity contribution in [3.05, 3.63) is 54.2 Å². The second-order valence-electron chi connectivity index (χ2n) is 5.17. The van der Waals surface area contributed by atoms with E-state index in [1.807, 2.05) is 31.2 Å². The molecule has 3 rings (SSSR count). The van der Waals surface area contributed by atoms with Gasteiger partial charge >= 0.3 is 0 Å². The van der Waals surface area contributed by atoms with Crippen molar-refractivity contribution in [3.8, 4) is 17.3 Å². The predicted octanol–water partition coefficient (Wildman–Crippen LogP) is 1.81. The van der Waals surface area contributed by atoms with Gasteiger partial charge in [0.25, 0.3) is 0 Å². The molecule has 23 heavy (non-hydrogen) atoms. The fourth-order valence-electron chi connectivity index (χ4n) is 2.32. The minimum Gasteiger partial charge on any atom is -0.497 e. The van der Waals surface area contributed by atoms with Crippen LogP contribution in [0.15, 0.2) is 43.0 Å². The Bertz CT molecular complexity index is 781. The van der Waals surface area contributed by atoms with Crippen LogP contribution in [0.1, 0.15) is 24.2 Å². The van der Waals surface area contributed by atoms with Gasteiger partial charge in [0.15, 0.2) is 5.82 Å². The maximum absolute atomic E-state index is 5.98. The molecule has 0 aliphatic rings. The molecular weight excluding hydrogens is 292 g/mol. The lowest BCUT2D eigenvalue weighted by Gasteiger charge is -2.11. The molecule has 2 aromatic heterocycles. The number of rotatable bonds is 5. The summed E-state index contributed by atoms with van der Waals surface area (Å²) in [5.74, 6) is 1.47. The summed E-state index contributed by atoms with van der Waals surface area (Å²) >= 11 is 0. The Hall–Kier alpha value is -2.80. The van der Waals surface area contributed by atoms with Crippen LogP contribution in [0.4, 0.5) is 0 Å². The molecule has 1 atom stereocenters. The molecule has 3 aromatic rings. The minimum absolute atomic E-state index is 0.232. The second kappa shape index (κ2) is 6.53. The molecule has 0 saturated carbocycles. The lowest BCUT2D eigenvalue weighted by Crippen LogP contribution is -2.13. The van der Waals surface area contributed by atoms with Gasteiger partial charge < -0.3 is 10.5 Å². The minimum atomic E-state index is -0.232. The lowest BCUT2D eigenvalue weighted by atomic mass is 10.1. The van der Waals surface area contributed by atoms with E-state index in [0.717, 1.165) is 11.3 Å². The third-order valence-corrected chi connectivity index (χ3v) is 3.48. The summed E-state index contributed by atoms with van der Waals surface area (Å²) in [7, 11) is 1.65. The highest BCUT2D eigenvalue weighted by atomic mass is 16.5. The fraction of sp³-hybridized carbons (Fsp3) is 0.250. The first kappa shape index (κ1) is 15.1. The number of nitrogens with two attached hydrogens (primary N) is 1. The van der Waals surface area contributed by atoms with Crippen molar-refractivity contribution in [1.82, 2.24) is 24.7 Å². The summed E-state index contributed by atoms with van der Waals surface area (Å²) in [5.41, 5.74) is 8.43. The highest BCUT2D eigenvalue weighted by Gasteiger charge is 2.17. The molecule has 1 unspecified atom stereocenters. The van der Waals surface area contributed by atoms with E-state index >= 15 is 0 Å². The third-order valence-electron chi connectivity index (χ3n) is 3.48. The van der Waals surface area contributed by atoms with Crippen LogP contribution in [0.3, 0.4) is 0 Å². The molecule has 0 saturated heterocycles. The summed E-state index contributed by atoms with van der Waals surface area (Å²) in [6.45, 7) is 2.45. The molecule has 2 heterocycles. The molecule has 7 heteroatoms. The molecular formula is C16H18N6O. The number of hydrogen-bond donors (Lipinski definition) is 1. The van der Waals surface area contributed by atoms with E-state index in [0.29, 0.717) is 23.8 Å². The van der Waals surface area contributed by atoms with E-state index in [4.69, 9.17) is 10.5 Å². The van der Waals surface area contributed by atoms with Gasteiger partial charge in [-0.1, -0.05) is 12.1 Å². The molecule has 1 aromatic carbocycles. The molecule has 0 bridgehead atoms. The van der Waals surface area contributed by atoms with Gasteiger partial charge in [0.1, 0.15) is 17.8 Å². The van der Waals surface area contributed by atoms with Crippen molar-refractivity contribution in [3.63, 3.8) is 0 Å². The number of hydrogen-bond acceptors (Lipinski definition) is 6. The topological polar surface area (TPSA) is 91.7 Å². The van der Waals surface area contributed by atoms with Crippen molar-refractivity contribution in [2.24, 2.45) is 5.73 Å². The number of aromatic nitrogens is 5. The molecule has 0 radical (unpaired) electrons. The molecule has 118 valence electrons. The first-order valence-electron chi connectivity index (χ1n) is 7.26. The number of ether oxygens (including phenoxy) is 1. The van der Waals surface area contributed by atoms with Gasteiger partial charge in [0, 0.05) is 18.4 Å². The molecule has 0 amide bonds. The highest BCUT2D eigenvalue weighted by molar-refractivity contribution is 5.53. The normalized spacial score (nSPS) is 12.1. The summed E-state index contributed by atoms with van der Waals surface area (Å²) in [5, 5.41) is 4.30. The van der Waals surface area contributed by atoms with Crippen LogP contribution in [-0.2, 0) is 6.54 Å². The third kappa shape index (κ3) is 3.19. The van der Waals surface area contributed by atoms with Gasteiger partial charge in [0.05, 0.1) is 19.3 Å². The molecule has 0 aliphatic heterocycles. The first-order valence-corrected chi connectivity index (χ1v) is 7.26. The van der Waals surface area contributed by atoms with Crippen molar-refractivity contribution < 1.29 is 4.74 Å². The largest absolute Gasteiger partial charge is 0.497 e. The smallest absolute Gasteiger partial charge is 0.178 e. The Balaban J connectivity index is 1.93. The van der Waals surface area contributed by atoms with Crippen LogP contribution in [0.5, 0.6) is 5.75 Å². The van der Waals surface area contributed by atoms with Crippen molar-refractivity contribution in [2.45, 2.75) is 19.5 Å². The maximum atomic E-state index is 5.98. The highest BCUT2D eigenvalue weighted by Crippen LogP contribution is 2.22. The predicted molar refractivity (Wildman–Crippen MR) is 85.7 cm³/mol. The van der Waals surface area contributed by atoms with Crippen molar-refractivity contribution in [1.29, 1.82) is 0 Å². The SMILES string of the molecule is COc1ccc(Cn2ncnc2-c2nccnc2C(C)N)cc1. The summed E-state index contributed by atoms with van der Waals surface area (Å²) < 4.78 is 6.96. The van der Waals surface area contributed by atoms with Crippen LogP contribution in [0, 0.1) is 0 Å². The average molecular weight is 310 g/mol. The quantitative estimate of drug-likeness (QED) is 0.772. The van der Waals surface area contributed by atoms with E-state index in [9.17, 15) is 0 Å². The Kier molecular flexibility index (Phi) is 4.29. The molecule has 0 aliphatic carbocycles. The lowest BCUT2D eigenvalue weighted by molar-refractivity contribution is 0.414. The fourth-order valence-corrected chi connectivity index (χ4v) is 2.32. The second-order valence-corrected chi connectivity index (χ2v) is 5.17. The van der Waals surface area contributed by atoms with Gasteiger partial charge in [-0.25, -0.2) is 14.6 Å². The van der Waals surface area contributed by atoms with Crippen LogP contribution in [0.2, 0.25) is 0 Å². The summed E-state index contributed by atoms with van der Waals surface area (Å²) in [6, 6.07) is 7.59. The maximum Gasteiger partial charge on any atom is 0.178 e. The van der Waals surface area contributed by atoms with Crippen molar-refractivity contribution >= 4 is 0 Å². The standard InChI is InChI=1S/C16H18N6O/c1-11(17)14-15(19-8-7-18-14)16-20-10-21-22(16)9-12-3-5-13(23-2)6-4-12/h3-8,10-11H,9,17H2,1-2H3. The van der Waals surface area contributed by atoms with E-state index in [1.165, 1.54) is 6.33 Å². The van der Waals surface area contributed by atoms with Gasteiger partial charge in [0.2, 0.25) is 0 Å². The first-order chi connectivity index (χ1) is 11.2. The van der Waals surface area contributed by atoms with Crippen LogP contribution in [0.25, 0.3) is 11.5 Å². The monoisotopic (exact) mass is 310 g/mol. The zero-order valence-corrected chi connectivity index (χ0v) is 13.0. The average Bonchev–Trinajstić information content (AvgIpc) is 3.03. The van der Waals surface area contributed by atoms with E-state index in [2.05, 4.69) is 20.1 Å². The van der Waals surface area contributed by atoms with E-state index in [-0.39, 0.29) is 6.04 Å².